The molecular formula is C24H27FN4O3. The second kappa shape index (κ2) is 8.98. The molecule has 2 aromatic rings. The molecule has 8 heteroatoms. The molecule has 1 unspecified atom stereocenters. The minimum Gasteiger partial charge on any atom is -0.370 e. The summed E-state index contributed by atoms with van der Waals surface area (Å²) in [6, 6.07) is 12.7. The number of urea groups is 1. The number of amides is 4. The standard InChI is InChI=1S/C24H27FN4O3/c1-2-24(17-9-5-3-6-10-17)22(31)29(23(32)27-24)16-21(30)26-19-15-18(25)11-12-20(19)28-13-7-4-8-14-28/h3,5-6,9-12,15H,2,4,7-8,13-14,16H2,1H3,(H,26,30)(H,27,32). The lowest BCUT2D eigenvalue weighted by atomic mass is 9.87. The number of carbonyl (C=O) groups is 3. The van der Waals surface area contributed by atoms with Gasteiger partial charge < -0.3 is 15.5 Å². The molecule has 0 radical (unpaired) electrons. The maximum Gasteiger partial charge on any atom is 0.325 e. The highest BCUT2D eigenvalue weighted by molar-refractivity contribution is 6.10. The van der Waals surface area contributed by atoms with E-state index in [0.717, 1.165) is 42.9 Å². The molecule has 32 heavy (non-hydrogen) atoms. The van der Waals surface area contributed by atoms with E-state index in [-0.39, 0.29) is 0 Å². The average molecular weight is 439 g/mol. The van der Waals surface area contributed by atoms with E-state index in [0.29, 0.717) is 17.7 Å². The molecule has 4 rings (SSSR count). The van der Waals surface area contributed by atoms with Crippen LogP contribution < -0.4 is 15.5 Å². The molecule has 0 aromatic heterocycles. The predicted octanol–water partition coefficient (Wildman–Crippen LogP) is 3.61. The molecule has 0 spiro atoms. The summed E-state index contributed by atoms with van der Waals surface area (Å²) < 4.78 is 13.9. The van der Waals surface area contributed by atoms with Crippen molar-refractivity contribution in [1.29, 1.82) is 0 Å². The first-order valence-electron chi connectivity index (χ1n) is 11.0. The largest absolute Gasteiger partial charge is 0.370 e. The molecular weight excluding hydrogens is 411 g/mol. The molecule has 168 valence electrons. The average Bonchev–Trinajstić information content (AvgIpc) is 3.05. The van der Waals surface area contributed by atoms with Crippen molar-refractivity contribution < 1.29 is 18.8 Å². The zero-order valence-corrected chi connectivity index (χ0v) is 18.1. The molecule has 2 aromatic carbocycles. The van der Waals surface area contributed by atoms with Crippen molar-refractivity contribution >= 4 is 29.2 Å². The van der Waals surface area contributed by atoms with Gasteiger partial charge >= 0.3 is 6.03 Å². The van der Waals surface area contributed by atoms with Crippen molar-refractivity contribution in [2.24, 2.45) is 0 Å². The first kappa shape index (κ1) is 21.8. The van der Waals surface area contributed by atoms with Crippen LogP contribution in [0.5, 0.6) is 0 Å². The number of nitrogens with zero attached hydrogens (tertiary/aromatic N) is 2. The van der Waals surface area contributed by atoms with Crippen molar-refractivity contribution in [2.45, 2.75) is 38.1 Å². The van der Waals surface area contributed by atoms with Gasteiger partial charge in [0.1, 0.15) is 17.9 Å². The molecule has 0 saturated carbocycles. The quantitative estimate of drug-likeness (QED) is 0.675. The van der Waals surface area contributed by atoms with Crippen LogP contribution in [0.1, 0.15) is 38.2 Å². The van der Waals surface area contributed by atoms with Gasteiger partial charge in [0.05, 0.1) is 11.4 Å². The van der Waals surface area contributed by atoms with E-state index in [2.05, 4.69) is 15.5 Å². The Morgan fingerprint density at radius 1 is 1.09 bits per heavy atom. The minimum absolute atomic E-state index is 0.341. The fourth-order valence-corrected chi connectivity index (χ4v) is 4.48. The predicted molar refractivity (Wildman–Crippen MR) is 120 cm³/mol. The summed E-state index contributed by atoms with van der Waals surface area (Å²) in [5, 5.41) is 5.47. The molecule has 7 nitrogen and oxygen atoms in total. The molecule has 2 heterocycles. The van der Waals surface area contributed by atoms with Gasteiger partial charge in [-0.2, -0.15) is 0 Å². The highest BCUT2D eigenvalue weighted by Crippen LogP contribution is 2.33. The molecule has 1 atom stereocenters. The van der Waals surface area contributed by atoms with Crippen molar-refractivity contribution in [2.75, 3.05) is 29.9 Å². The van der Waals surface area contributed by atoms with Gasteiger partial charge in [-0.3, -0.25) is 14.5 Å². The summed E-state index contributed by atoms with van der Waals surface area (Å²) in [6.07, 6.45) is 3.56. The molecule has 2 saturated heterocycles. The first-order valence-corrected chi connectivity index (χ1v) is 11.0. The highest BCUT2D eigenvalue weighted by atomic mass is 19.1. The number of benzene rings is 2. The number of rotatable bonds is 6. The third-order valence-electron chi connectivity index (χ3n) is 6.20. The van der Waals surface area contributed by atoms with E-state index in [1.165, 1.54) is 12.1 Å². The number of hydrogen-bond donors (Lipinski definition) is 2. The molecule has 0 aliphatic carbocycles. The van der Waals surface area contributed by atoms with Crippen LogP contribution in [0, 0.1) is 5.82 Å². The number of halogens is 1. The molecule has 2 fully saturated rings. The molecule has 2 N–H and O–H groups in total. The third-order valence-corrected chi connectivity index (χ3v) is 6.20. The number of nitrogens with one attached hydrogen (secondary N) is 2. The van der Waals surface area contributed by atoms with Crippen molar-refractivity contribution in [3.8, 4) is 0 Å². The first-order chi connectivity index (χ1) is 15.4. The molecule has 2 aliphatic rings. The van der Waals surface area contributed by atoms with Crippen molar-refractivity contribution in [3.05, 3.63) is 59.9 Å². The second-order valence-electron chi connectivity index (χ2n) is 8.20. The molecule has 2 aliphatic heterocycles. The number of imide groups is 1. The molecule has 0 bridgehead atoms. The Morgan fingerprint density at radius 3 is 2.50 bits per heavy atom. The lowest BCUT2D eigenvalue weighted by Gasteiger charge is -2.30. The normalized spacial score (nSPS) is 20.9. The van der Waals surface area contributed by atoms with Crippen molar-refractivity contribution in [1.82, 2.24) is 10.2 Å². The Bertz CT molecular complexity index is 1020. The Balaban J connectivity index is 1.52. The van der Waals surface area contributed by atoms with Crippen LogP contribution in [0.15, 0.2) is 48.5 Å². The van der Waals surface area contributed by atoms with Gasteiger partial charge in [0.25, 0.3) is 5.91 Å². The zero-order valence-electron chi connectivity index (χ0n) is 18.1. The Hall–Kier alpha value is -3.42. The second-order valence-corrected chi connectivity index (χ2v) is 8.20. The van der Waals surface area contributed by atoms with Crippen LogP contribution in [-0.2, 0) is 15.1 Å². The summed E-state index contributed by atoms with van der Waals surface area (Å²) >= 11 is 0. The van der Waals surface area contributed by atoms with Crippen LogP contribution in [0.25, 0.3) is 0 Å². The summed E-state index contributed by atoms with van der Waals surface area (Å²) in [5.41, 5.74) is 0.551. The lowest BCUT2D eigenvalue weighted by Crippen LogP contribution is -2.44. The van der Waals surface area contributed by atoms with Gasteiger partial charge in [-0.05, 0) is 49.4 Å². The third kappa shape index (κ3) is 4.04. The summed E-state index contributed by atoms with van der Waals surface area (Å²) in [5.74, 6) is -1.50. The maximum absolute atomic E-state index is 13.9. The maximum atomic E-state index is 13.9. The van der Waals surface area contributed by atoms with Gasteiger partial charge in [0.15, 0.2) is 0 Å². The summed E-state index contributed by atoms with van der Waals surface area (Å²) in [4.78, 5) is 41.7. The monoisotopic (exact) mass is 438 g/mol. The van der Waals surface area contributed by atoms with E-state index in [4.69, 9.17) is 0 Å². The summed E-state index contributed by atoms with van der Waals surface area (Å²) in [7, 11) is 0. The van der Waals surface area contributed by atoms with Gasteiger partial charge in [-0.15, -0.1) is 0 Å². The number of piperidine rings is 1. The number of carbonyl (C=O) groups excluding carboxylic acids is 3. The summed E-state index contributed by atoms with van der Waals surface area (Å²) in [6.45, 7) is 3.02. The molecule has 4 amide bonds. The highest BCUT2D eigenvalue weighted by Gasteiger charge is 2.51. The van der Waals surface area contributed by atoms with E-state index < -0.39 is 35.7 Å². The van der Waals surface area contributed by atoms with Crippen LogP contribution in [0.4, 0.5) is 20.6 Å². The van der Waals surface area contributed by atoms with Crippen molar-refractivity contribution in [3.63, 3.8) is 0 Å². The fourth-order valence-electron chi connectivity index (χ4n) is 4.48. The van der Waals surface area contributed by atoms with Crippen LogP contribution in [-0.4, -0.2) is 42.4 Å². The van der Waals surface area contributed by atoms with Gasteiger partial charge in [-0.1, -0.05) is 37.3 Å². The SMILES string of the molecule is CCC1(c2ccccc2)NC(=O)N(CC(=O)Nc2cc(F)ccc2N2CCCCC2)C1=O. The number of anilines is 2. The Morgan fingerprint density at radius 2 is 1.81 bits per heavy atom. The van der Waals surface area contributed by atoms with E-state index in [1.807, 2.05) is 13.0 Å². The number of hydrogen-bond acceptors (Lipinski definition) is 4. The van der Waals surface area contributed by atoms with E-state index in [1.54, 1.807) is 30.3 Å². The van der Waals surface area contributed by atoms with Gasteiger partial charge in [0, 0.05) is 13.1 Å². The fraction of sp³-hybridized carbons (Fsp3) is 0.375. The minimum atomic E-state index is -1.20. The van der Waals surface area contributed by atoms with Gasteiger partial charge in [-0.25, -0.2) is 9.18 Å². The van der Waals surface area contributed by atoms with Crippen LogP contribution in [0.3, 0.4) is 0 Å². The Kier molecular flexibility index (Phi) is 6.12. The smallest absolute Gasteiger partial charge is 0.325 e. The van der Waals surface area contributed by atoms with Crippen LogP contribution in [0.2, 0.25) is 0 Å². The topological polar surface area (TPSA) is 81.8 Å². The zero-order chi connectivity index (χ0) is 22.7. The van der Waals surface area contributed by atoms with E-state index in [9.17, 15) is 18.8 Å². The Labute approximate surface area is 186 Å². The van der Waals surface area contributed by atoms with Crippen LogP contribution >= 0.6 is 0 Å². The lowest BCUT2D eigenvalue weighted by molar-refractivity contribution is -0.134. The van der Waals surface area contributed by atoms with E-state index >= 15 is 0 Å². The van der Waals surface area contributed by atoms with Gasteiger partial charge in [0.2, 0.25) is 5.91 Å².